The molecular formula is C30H35F3N5O4P. The molecule has 230 valence electrons. The number of amides is 1. The number of nitrogens with one attached hydrogen (secondary N) is 2. The Bertz CT molecular complexity index is 1540. The number of hydrogen-bond acceptors (Lipinski definition) is 8. The van der Waals surface area contributed by atoms with Gasteiger partial charge in [-0.25, -0.2) is 4.98 Å². The fourth-order valence-corrected chi connectivity index (χ4v) is 7.31. The Morgan fingerprint density at radius 1 is 1.09 bits per heavy atom. The summed E-state index contributed by atoms with van der Waals surface area (Å²) in [6.07, 6.45) is -1.21. The molecule has 43 heavy (non-hydrogen) atoms. The molecule has 2 heterocycles. The minimum Gasteiger partial charge on any atom is -0.393 e. The number of aliphatic hydroxyl groups excluding tert-OH is 1. The number of benzene rings is 2. The molecule has 3 N–H and O–H groups in total. The molecule has 1 atom stereocenters. The number of nitrogens with zero attached hydrogens (tertiary/aromatic N) is 3. The van der Waals surface area contributed by atoms with Gasteiger partial charge in [0.1, 0.15) is 11.4 Å². The Morgan fingerprint density at radius 2 is 1.79 bits per heavy atom. The molecule has 0 saturated heterocycles. The minimum absolute atomic E-state index is 0.0730. The second kappa shape index (κ2) is 12.3. The van der Waals surface area contributed by atoms with Gasteiger partial charge in [-0.05, 0) is 73.4 Å². The first-order valence-corrected chi connectivity index (χ1v) is 16.5. The highest BCUT2D eigenvalue weighted by Gasteiger charge is 2.37. The molecule has 0 spiro atoms. The van der Waals surface area contributed by atoms with Gasteiger partial charge in [0.25, 0.3) is 5.91 Å². The quantitative estimate of drug-likeness (QED) is 0.219. The maximum atomic E-state index is 14.0. The van der Waals surface area contributed by atoms with Crippen molar-refractivity contribution in [3.8, 4) is 0 Å². The summed E-state index contributed by atoms with van der Waals surface area (Å²) in [5.74, 6) is -0.669. The van der Waals surface area contributed by atoms with Gasteiger partial charge in [0.15, 0.2) is 0 Å². The van der Waals surface area contributed by atoms with E-state index in [1.165, 1.54) is 0 Å². The van der Waals surface area contributed by atoms with E-state index in [2.05, 4.69) is 20.6 Å². The summed E-state index contributed by atoms with van der Waals surface area (Å²) >= 11 is 0. The molecular weight excluding hydrogens is 582 g/mol. The van der Waals surface area contributed by atoms with Crippen LogP contribution < -0.4 is 10.6 Å². The van der Waals surface area contributed by atoms with E-state index in [0.29, 0.717) is 43.4 Å². The van der Waals surface area contributed by atoms with Crippen LogP contribution in [-0.2, 0) is 28.0 Å². The van der Waals surface area contributed by atoms with Crippen molar-refractivity contribution in [1.29, 1.82) is 0 Å². The first-order chi connectivity index (χ1) is 20.3. The van der Waals surface area contributed by atoms with Crippen LogP contribution in [0.2, 0.25) is 0 Å². The van der Waals surface area contributed by atoms with E-state index in [4.69, 9.17) is 4.52 Å². The highest BCUT2D eigenvalue weighted by molar-refractivity contribution is 7.57. The minimum atomic E-state index is -4.75. The first kappa shape index (κ1) is 31.0. The summed E-state index contributed by atoms with van der Waals surface area (Å²) in [6.45, 7) is 4.05. The molecule has 2 aromatic carbocycles. The fourth-order valence-electron chi connectivity index (χ4n) is 5.80. The van der Waals surface area contributed by atoms with E-state index in [1.807, 2.05) is 6.07 Å². The van der Waals surface area contributed by atoms with Crippen LogP contribution in [-0.4, -0.2) is 52.3 Å². The molecule has 3 aromatic rings. The number of anilines is 4. The molecule has 0 radical (unpaired) electrons. The van der Waals surface area contributed by atoms with Gasteiger partial charge in [-0.3, -0.25) is 9.36 Å². The fraction of sp³-hybridized carbons (Fsp3) is 0.433. The van der Waals surface area contributed by atoms with Crippen LogP contribution in [0.15, 0.2) is 42.6 Å². The lowest BCUT2D eigenvalue weighted by molar-refractivity contribution is -0.137. The lowest BCUT2D eigenvalue weighted by atomic mass is 9.80. The van der Waals surface area contributed by atoms with Gasteiger partial charge in [0.2, 0.25) is 13.3 Å². The van der Waals surface area contributed by atoms with Crippen LogP contribution in [0.5, 0.6) is 0 Å². The number of halogens is 3. The predicted octanol–water partition coefficient (Wildman–Crippen LogP) is 7.03. The second-order valence-corrected chi connectivity index (χ2v) is 13.8. The monoisotopic (exact) mass is 617 g/mol. The molecule has 2 aliphatic rings. The van der Waals surface area contributed by atoms with Crippen LogP contribution in [0.1, 0.15) is 71.1 Å². The number of fused-ring (bicyclic) bond motifs is 1. The lowest BCUT2D eigenvalue weighted by Gasteiger charge is -2.27. The Balaban J connectivity index is 1.43. The first-order valence-electron chi connectivity index (χ1n) is 14.2. The van der Waals surface area contributed by atoms with Crippen molar-refractivity contribution >= 4 is 36.4 Å². The van der Waals surface area contributed by atoms with Crippen molar-refractivity contribution in [3.63, 3.8) is 0 Å². The number of hydrogen-bond donors (Lipinski definition) is 3. The Morgan fingerprint density at radius 3 is 2.44 bits per heavy atom. The largest absolute Gasteiger partial charge is 0.421 e. The summed E-state index contributed by atoms with van der Waals surface area (Å²) in [7, 11) is -1.12. The Kier molecular flexibility index (Phi) is 8.83. The SMILES string of the molecule is CCOP(C)(=O)Cc1ccc(Nc2ncc(C(F)(F)F)c(Nc3ccc(C4CCC(O)CC4)c4c3C(=O)N(C)C4)n2)cc1. The maximum absolute atomic E-state index is 14.0. The number of aromatic nitrogens is 2. The summed E-state index contributed by atoms with van der Waals surface area (Å²) < 4.78 is 59.9. The summed E-state index contributed by atoms with van der Waals surface area (Å²) in [4.78, 5) is 22.8. The van der Waals surface area contributed by atoms with Crippen LogP contribution >= 0.6 is 7.37 Å². The average molecular weight is 618 g/mol. The third kappa shape index (κ3) is 7.03. The number of alkyl halides is 3. The van der Waals surface area contributed by atoms with Crippen molar-refractivity contribution in [2.24, 2.45) is 0 Å². The normalized spacial score (nSPS) is 20.1. The molecule has 1 fully saturated rings. The second-order valence-electron chi connectivity index (χ2n) is 11.2. The third-order valence-corrected chi connectivity index (χ3v) is 9.61. The van der Waals surface area contributed by atoms with E-state index >= 15 is 0 Å². The van der Waals surface area contributed by atoms with Crippen LogP contribution in [0.4, 0.5) is 36.3 Å². The van der Waals surface area contributed by atoms with E-state index in [9.17, 15) is 27.6 Å². The highest BCUT2D eigenvalue weighted by Crippen LogP contribution is 2.46. The molecule has 1 aliphatic heterocycles. The third-order valence-electron chi connectivity index (χ3n) is 7.87. The van der Waals surface area contributed by atoms with Gasteiger partial charge in [0, 0.05) is 38.3 Å². The maximum Gasteiger partial charge on any atom is 0.421 e. The number of aliphatic hydroxyl groups is 1. The smallest absolute Gasteiger partial charge is 0.393 e. The van der Waals surface area contributed by atoms with Crippen LogP contribution in [0, 0.1) is 0 Å². The van der Waals surface area contributed by atoms with E-state index in [-0.39, 0.29) is 35.7 Å². The molecule has 1 saturated carbocycles. The van der Waals surface area contributed by atoms with Gasteiger partial charge in [-0.15, -0.1) is 0 Å². The molecule has 0 bridgehead atoms. The summed E-state index contributed by atoms with van der Waals surface area (Å²) in [5, 5.41) is 15.7. The highest BCUT2D eigenvalue weighted by atomic mass is 31.2. The Hall–Kier alpha value is -3.47. The van der Waals surface area contributed by atoms with Crippen LogP contribution in [0.3, 0.4) is 0 Å². The molecule has 1 aliphatic carbocycles. The standard InChI is InChI=1S/C30H35F3N5O4P/c1-4-42-43(3,41)17-18-5-9-20(10-6-18)35-29-34-15-24(30(31,32)33)27(37-29)36-25-14-13-22(19-7-11-21(39)12-8-19)23-16-38(2)28(40)26(23)25/h5-6,9-10,13-15,19,21,39H,4,7-8,11-12,16-17H2,1-3H3,(H2,34,35,36,37). The van der Waals surface area contributed by atoms with E-state index in [0.717, 1.165) is 29.5 Å². The van der Waals surface area contributed by atoms with Crippen molar-refractivity contribution in [2.75, 3.05) is 31.0 Å². The zero-order chi connectivity index (χ0) is 30.9. The summed E-state index contributed by atoms with van der Waals surface area (Å²) in [6, 6.07) is 10.4. The van der Waals surface area contributed by atoms with Gasteiger partial charge < -0.3 is 25.2 Å². The zero-order valence-electron chi connectivity index (χ0n) is 24.2. The van der Waals surface area contributed by atoms with Crippen molar-refractivity contribution in [1.82, 2.24) is 14.9 Å². The molecule has 1 amide bonds. The van der Waals surface area contributed by atoms with Gasteiger partial charge in [-0.2, -0.15) is 18.2 Å². The molecule has 13 heteroatoms. The molecule has 5 rings (SSSR count). The topological polar surface area (TPSA) is 117 Å². The average Bonchev–Trinajstić information content (AvgIpc) is 3.24. The summed E-state index contributed by atoms with van der Waals surface area (Å²) in [5.41, 5.74) is 2.61. The molecule has 1 unspecified atom stereocenters. The molecule has 9 nitrogen and oxygen atoms in total. The van der Waals surface area contributed by atoms with Gasteiger partial charge >= 0.3 is 6.18 Å². The van der Waals surface area contributed by atoms with Crippen molar-refractivity contribution in [3.05, 3.63) is 70.4 Å². The molecule has 1 aromatic heterocycles. The van der Waals surface area contributed by atoms with E-state index in [1.54, 1.807) is 55.9 Å². The van der Waals surface area contributed by atoms with E-state index < -0.39 is 24.9 Å². The van der Waals surface area contributed by atoms with Crippen molar-refractivity contribution < 1.29 is 32.2 Å². The van der Waals surface area contributed by atoms with Crippen molar-refractivity contribution in [2.45, 2.75) is 63.5 Å². The van der Waals surface area contributed by atoms with Gasteiger partial charge in [-0.1, -0.05) is 18.2 Å². The van der Waals surface area contributed by atoms with Crippen LogP contribution in [0.25, 0.3) is 0 Å². The zero-order valence-corrected chi connectivity index (χ0v) is 25.1. The Labute approximate surface area is 248 Å². The number of carbonyl (C=O) groups excluding carboxylic acids is 1. The number of rotatable bonds is 9. The lowest BCUT2D eigenvalue weighted by Crippen LogP contribution is -2.18. The van der Waals surface area contributed by atoms with Gasteiger partial charge in [0.05, 0.1) is 24.0 Å². The predicted molar refractivity (Wildman–Crippen MR) is 158 cm³/mol. The number of carbonyl (C=O) groups is 1.